The van der Waals surface area contributed by atoms with Gasteiger partial charge < -0.3 is 21.2 Å². The van der Waals surface area contributed by atoms with Crippen LogP contribution in [0.3, 0.4) is 0 Å². The fraction of sp³-hybridized carbons (Fsp3) is 0.300. The first-order chi connectivity index (χ1) is 16.1. The third-order valence-electron chi connectivity index (χ3n) is 5.12. The van der Waals surface area contributed by atoms with Gasteiger partial charge in [0, 0.05) is 36.0 Å². The van der Waals surface area contributed by atoms with E-state index in [-0.39, 0.29) is 24.5 Å². The molecule has 1 aliphatic rings. The van der Waals surface area contributed by atoms with Crippen LogP contribution in [0, 0.1) is 5.92 Å². The molecule has 3 aromatic rings. The Morgan fingerprint density at radius 3 is 2.74 bits per heavy atom. The Kier molecular flexibility index (Phi) is 6.15. The number of imidazole rings is 1. The molecule has 11 nitrogen and oxygen atoms in total. The quantitative estimate of drug-likeness (QED) is 0.150. The number of hydrogen-bond donors (Lipinski definition) is 5. The average Bonchev–Trinajstić information content (AvgIpc) is 3.53. The van der Waals surface area contributed by atoms with Crippen LogP contribution < -0.4 is 27.9 Å². The zero-order chi connectivity index (χ0) is 24.5. The van der Waals surface area contributed by atoms with E-state index >= 15 is 0 Å². The minimum absolute atomic E-state index is 0.215. The Labute approximate surface area is 191 Å². The second-order valence-corrected chi connectivity index (χ2v) is 7.81. The van der Waals surface area contributed by atoms with Gasteiger partial charge in [-0.1, -0.05) is 0 Å². The molecule has 0 aromatic carbocycles. The van der Waals surface area contributed by atoms with Crippen molar-refractivity contribution in [2.75, 3.05) is 24.1 Å². The number of fused-ring (bicyclic) bond motifs is 1. The number of rotatable bonds is 7. The molecule has 8 N–H and O–H groups in total. The van der Waals surface area contributed by atoms with Gasteiger partial charge >= 0.3 is 12.2 Å². The third kappa shape index (κ3) is 5.46. The van der Waals surface area contributed by atoms with Crippen LogP contribution in [0.2, 0.25) is 0 Å². The van der Waals surface area contributed by atoms with Crippen molar-refractivity contribution in [1.82, 2.24) is 24.8 Å². The number of nitrogen functional groups attached to an aromatic ring is 1. The molecule has 0 atom stereocenters. The number of carbonyl (C=O) groups excluding carboxylic acids is 1. The zero-order valence-corrected chi connectivity index (χ0v) is 17.9. The molecule has 34 heavy (non-hydrogen) atoms. The highest BCUT2D eigenvalue weighted by Gasteiger charge is 2.34. The average molecular weight is 476 g/mol. The molecular weight excluding hydrogens is 453 g/mol. The summed E-state index contributed by atoms with van der Waals surface area (Å²) in [5.74, 6) is 6.18. The predicted octanol–water partition coefficient (Wildman–Crippen LogP) is 1.98. The predicted molar refractivity (Wildman–Crippen MR) is 120 cm³/mol. The lowest BCUT2D eigenvalue weighted by atomic mass is 10.1. The molecule has 180 valence electrons. The van der Waals surface area contributed by atoms with Gasteiger partial charge in [-0.05, 0) is 31.0 Å². The maximum atomic E-state index is 13.1. The number of nitrogens with zero attached hydrogens (tertiary/aromatic N) is 5. The highest BCUT2D eigenvalue weighted by atomic mass is 19.4. The van der Waals surface area contributed by atoms with E-state index in [4.69, 9.17) is 17.3 Å². The zero-order valence-electron chi connectivity index (χ0n) is 17.9. The first-order valence-electron chi connectivity index (χ1n) is 10.3. The van der Waals surface area contributed by atoms with E-state index in [9.17, 15) is 18.0 Å². The maximum Gasteiger partial charge on any atom is 0.419 e. The number of amidine groups is 1. The molecule has 0 saturated heterocycles. The number of aromatic nitrogens is 3. The monoisotopic (exact) mass is 476 g/mol. The summed E-state index contributed by atoms with van der Waals surface area (Å²) in [6, 6.07) is 3.64. The molecule has 0 unspecified atom stereocenters. The Hall–Kier alpha value is -4.07. The van der Waals surface area contributed by atoms with Crippen molar-refractivity contribution < 1.29 is 18.0 Å². The van der Waals surface area contributed by atoms with Crippen LogP contribution in [-0.4, -0.2) is 44.4 Å². The van der Waals surface area contributed by atoms with Gasteiger partial charge in [0.25, 0.3) is 0 Å². The van der Waals surface area contributed by atoms with Gasteiger partial charge in [-0.3, -0.25) is 5.32 Å². The minimum atomic E-state index is -4.62. The van der Waals surface area contributed by atoms with Gasteiger partial charge in [0.1, 0.15) is 17.3 Å². The van der Waals surface area contributed by atoms with Crippen LogP contribution in [-0.2, 0) is 6.18 Å². The van der Waals surface area contributed by atoms with Crippen LogP contribution >= 0.6 is 0 Å². The molecule has 3 aromatic heterocycles. The van der Waals surface area contributed by atoms with Crippen molar-refractivity contribution in [3.05, 3.63) is 42.4 Å². The lowest BCUT2D eigenvalue weighted by Crippen LogP contribution is -2.39. The molecule has 3 heterocycles. The van der Waals surface area contributed by atoms with Crippen LogP contribution in [0.4, 0.5) is 29.6 Å². The van der Waals surface area contributed by atoms with Gasteiger partial charge in [-0.25, -0.2) is 25.7 Å². The van der Waals surface area contributed by atoms with Crippen molar-refractivity contribution in [3.8, 4) is 11.1 Å². The summed E-state index contributed by atoms with van der Waals surface area (Å²) < 4.78 is 41.0. The Morgan fingerprint density at radius 2 is 2.03 bits per heavy atom. The molecule has 0 spiro atoms. The molecule has 14 heteroatoms. The standard InChI is InChI=1S/C20H23F3N10O/c21-20(22,23)14-7-13(8-28-18(14)25)12-3-4-16-29-15(10-32(16)9-12)30-19(34)27-5-6-33(26)31-17(24)11-1-2-11/h3-4,7-11H,1-2,5-6,26H2,(H2,24,31)(H2,25,28)(H2,27,30,34). The summed E-state index contributed by atoms with van der Waals surface area (Å²) >= 11 is 0. The van der Waals surface area contributed by atoms with E-state index in [2.05, 4.69) is 25.7 Å². The van der Waals surface area contributed by atoms with Gasteiger partial charge in [0.15, 0.2) is 5.82 Å². The number of pyridine rings is 2. The lowest BCUT2D eigenvalue weighted by molar-refractivity contribution is -0.137. The molecule has 2 amide bonds. The second kappa shape index (κ2) is 9.05. The SMILES string of the molecule is N/C(=N\N(N)CCNC(=O)Nc1cn2cc(-c3cnc(N)c(C(F)(F)F)c3)ccc2n1)C1CC1. The topological polar surface area (TPSA) is 165 Å². The maximum absolute atomic E-state index is 13.1. The van der Waals surface area contributed by atoms with E-state index in [1.807, 2.05) is 0 Å². The number of anilines is 2. The lowest BCUT2D eigenvalue weighted by Gasteiger charge is -2.14. The van der Waals surface area contributed by atoms with Crippen LogP contribution in [0.1, 0.15) is 18.4 Å². The molecule has 1 fully saturated rings. The Balaban J connectivity index is 1.38. The number of halogens is 3. The van der Waals surface area contributed by atoms with E-state index in [1.165, 1.54) is 17.5 Å². The summed E-state index contributed by atoms with van der Waals surface area (Å²) in [7, 11) is 0. The van der Waals surface area contributed by atoms with Crippen LogP contribution in [0.25, 0.3) is 16.8 Å². The number of urea groups is 1. The number of hydrazone groups is 1. The van der Waals surface area contributed by atoms with Crippen molar-refractivity contribution in [2.45, 2.75) is 19.0 Å². The van der Waals surface area contributed by atoms with Crippen molar-refractivity contribution in [2.24, 2.45) is 22.6 Å². The second-order valence-electron chi connectivity index (χ2n) is 7.81. The first-order valence-corrected chi connectivity index (χ1v) is 10.3. The van der Waals surface area contributed by atoms with E-state index in [0.29, 0.717) is 23.0 Å². The van der Waals surface area contributed by atoms with E-state index < -0.39 is 23.6 Å². The number of hydrogen-bond acceptors (Lipinski definition) is 7. The van der Waals surface area contributed by atoms with E-state index in [1.54, 1.807) is 22.7 Å². The fourth-order valence-corrected chi connectivity index (χ4v) is 3.19. The smallest absolute Gasteiger partial charge is 0.385 e. The molecule has 0 radical (unpaired) electrons. The number of carbonyl (C=O) groups is 1. The van der Waals surface area contributed by atoms with Crippen LogP contribution in [0.15, 0.2) is 41.9 Å². The highest BCUT2D eigenvalue weighted by molar-refractivity contribution is 5.88. The molecule has 4 rings (SSSR count). The summed E-state index contributed by atoms with van der Waals surface area (Å²) in [4.78, 5) is 20.1. The number of hydrazine groups is 1. The molecular formula is C20H23F3N10O. The number of nitrogens with one attached hydrogen (secondary N) is 2. The Bertz CT molecular complexity index is 1240. The summed E-state index contributed by atoms with van der Waals surface area (Å²) in [5, 5.41) is 10.4. The largest absolute Gasteiger partial charge is 0.419 e. The summed E-state index contributed by atoms with van der Waals surface area (Å²) in [6.07, 6.45) is 1.77. The van der Waals surface area contributed by atoms with Crippen molar-refractivity contribution >= 4 is 29.1 Å². The van der Waals surface area contributed by atoms with Crippen molar-refractivity contribution in [3.63, 3.8) is 0 Å². The molecule has 1 saturated carbocycles. The third-order valence-corrected chi connectivity index (χ3v) is 5.12. The van der Waals surface area contributed by atoms with Crippen molar-refractivity contribution in [1.29, 1.82) is 0 Å². The normalized spacial score (nSPS) is 14.3. The van der Waals surface area contributed by atoms with E-state index in [0.717, 1.165) is 18.9 Å². The van der Waals surface area contributed by atoms with Gasteiger partial charge in [-0.15, -0.1) is 5.10 Å². The minimum Gasteiger partial charge on any atom is -0.385 e. The highest BCUT2D eigenvalue weighted by Crippen LogP contribution is 2.35. The molecule has 1 aliphatic carbocycles. The molecule has 0 bridgehead atoms. The molecule has 0 aliphatic heterocycles. The van der Waals surface area contributed by atoms with Gasteiger partial charge in [0.2, 0.25) is 0 Å². The summed E-state index contributed by atoms with van der Waals surface area (Å²) in [6.45, 7) is 0.470. The van der Waals surface area contributed by atoms with Crippen LogP contribution in [0.5, 0.6) is 0 Å². The van der Waals surface area contributed by atoms with Gasteiger partial charge in [0.05, 0.1) is 18.3 Å². The Morgan fingerprint density at radius 1 is 1.26 bits per heavy atom. The number of nitrogens with two attached hydrogens (primary N) is 3. The summed E-state index contributed by atoms with van der Waals surface area (Å²) in [5.41, 5.74) is 11.3. The fourth-order valence-electron chi connectivity index (χ4n) is 3.19. The number of alkyl halides is 3. The number of amides is 2. The van der Waals surface area contributed by atoms with Gasteiger partial charge in [-0.2, -0.15) is 13.2 Å². The first kappa shape index (κ1) is 23.1.